The number of nitriles is 1. The fraction of sp³-hybridized carbons (Fsp3) is 0.500. The average molecular weight is 791 g/mol. The van der Waals surface area contributed by atoms with E-state index in [2.05, 4.69) is 43.1 Å². The first kappa shape index (κ1) is 37.7. The summed E-state index contributed by atoms with van der Waals surface area (Å²) in [5.74, 6) is 0.432. The second-order valence-electron chi connectivity index (χ2n) is 17.1. The molecule has 298 valence electrons. The first-order chi connectivity index (χ1) is 27.6. The quantitative estimate of drug-likeness (QED) is 0.352. The standard InChI is InChI=1S/C44H51ClN8O4/c1-29-38(10-4-32(23-46)40(29)45)51-17-14-44(28-51)12-15-49(16-13-44)33-5-2-31(3-6-33)41(55)50-20-18-48(19-21-50)25-30-26-52(27-30)34-7-9-36-37(22-34)43(57)53(42(36)56)35-8-11-39(54)47-24-35/h2-7,9-10,22,30,35,43,57H,8,11-21,24-28H2,1H3,(H,47,54). The normalized spacial score (nSPS) is 23.8. The van der Waals surface area contributed by atoms with Gasteiger partial charge in [0, 0.05) is 125 Å². The molecule has 0 bridgehead atoms. The van der Waals surface area contributed by atoms with Crippen LogP contribution in [0.15, 0.2) is 54.6 Å². The number of piperazine rings is 1. The Labute approximate surface area is 339 Å². The van der Waals surface area contributed by atoms with Crippen molar-refractivity contribution in [3.63, 3.8) is 0 Å². The summed E-state index contributed by atoms with van der Waals surface area (Å²) < 4.78 is 0. The maximum absolute atomic E-state index is 13.5. The van der Waals surface area contributed by atoms with Crippen LogP contribution in [-0.2, 0) is 4.79 Å². The molecule has 0 aromatic heterocycles. The summed E-state index contributed by atoms with van der Waals surface area (Å²) in [7, 11) is 0. The molecule has 2 unspecified atom stereocenters. The first-order valence-electron chi connectivity index (χ1n) is 20.6. The second-order valence-corrected chi connectivity index (χ2v) is 17.5. The molecule has 2 N–H and O–H groups in total. The number of anilines is 3. The Kier molecular flexibility index (Phi) is 10.0. The molecule has 0 radical (unpaired) electrons. The van der Waals surface area contributed by atoms with Gasteiger partial charge in [0.1, 0.15) is 6.07 Å². The van der Waals surface area contributed by atoms with Gasteiger partial charge in [-0.15, -0.1) is 0 Å². The van der Waals surface area contributed by atoms with Crippen molar-refractivity contribution in [1.29, 1.82) is 5.26 Å². The molecule has 0 saturated carbocycles. The molecule has 5 fully saturated rings. The van der Waals surface area contributed by atoms with Gasteiger partial charge in [0.05, 0.1) is 16.6 Å². The third-order valence-electron chi connectivity index (χ3n) is 13.7. The predicted molar refractivity (Wildman–Crippen MR) is 220 cm³/mol. The Morgan fingerprint density at radius 2 is 1.61 bits per heavy atom. The van der Waals surface area contributed by atoms with Gasteiger partial charge in [-0.1, -0.05) is 11.6 Å². The van der Waals surface area contributed by atoms with E-state index in [-0.39, 0.29) is 29.2 Å². The smallest absolute Gasteiger partial charge is 0.256 e. The van der Waals surface area contributed by atoms with E-state index in [0.717, 1.165) is 101 Å². The molecule has 12 nitrogen and oxygen atoms in total. The summed E-state index contributed by atoms with van der Waals surface area (Å²) in [6.45, 7) is 12.3. The highest BCUT2D eigenvalue weighted by Crippen LogP contribution is 2.44. The third-order valence-corrected chi connectivity index (χ3v) is 14.2. The zero-order valence-corrected chi connectivity index (χ0v) is 33.4. The van der Waals surface area contributed by atoms with Crippen LogP contribution in [0.5, 0.6) is 0 Å². The van der Waals surface area contributed by atoms with Gasteiger partial charge in [-0.2, -0.15) is 5.26 Å². The number of rotatable bonds is 7. The Hall–Kier alpha value is -4.83. The lowest BCUT2D eigenvalue weighted by Gasteiger charge is -2.45. The van der Waals surface area contributed by atoms with Crippen LogP contribution >= 0.6 is 11.6 Å². The van der Waals surface area contributed by atoms with Gasteiger partial charge in [0.2, 0.25) is 5.91 Å². The van der Waals surface area contributed by atoms with Gasteiger partial charge in [-0.25, -0.2) is 0 Å². The minimum Gasteiger partial charge on any atom is -0.371 e. The molecule has 5 saturated heterocycles. The van der Waals surface area contributed by atoms with E-state index in [0.29, 0.717) is 60.1 Å². The van der Waals surface area contributed by atoms with Crippen LogP contribution in [0.1, 0.15) is 75.7 Å². The lowest BCUT2D eigenvalue weighted by atomic mass is 9.77. The zero-order chi connectivity index (χ0) is 39.4. The highest BCUT2D eigenvalue weighted by Gasteiger charge is 2.43. The van der Waals surface area contributed by atoms with Gasteiger partial charge in [-0.3, -0.25) is 19.3 Å². The molecule has 6 heterocycles. The fourth-order valence-corrected chi connectivity index (χ4v) is 10.4. The van der Waals surface area contributed by atoms with Crippen LogP contribution in [-0.4, -0.2) is 122 Å². The second kappa shape index (κ2) is 15.2. The summed E-state index contributed by atoms with van der Waals surface area (Å²) in [6.07, 6.45) is 3.33. The number of fused-ring (bicyclic) bond motifs is 1. The van der Waals surface area contributed by atoms with Crippen molar-refractivity contribution < 1.29 is 19.5 Å². The van der Waals surface area contributed by atoms with E-state index in [1.807, 2.05) is 54.3 Å². The van der Waals surface area contributed by atoms with Crippen LogP contribution in [0, 0.1) is 29.6 Å². The van der Waals surface area contributed by atoms with Crippen molar-refractivity contribution >= 4 is 46.4 Å². The van der Waals surface area contributed by atoms with E-state index in [1.54, 1.807) is 0 Å². The number of hydrogen-bond donors (Lipinski definition) is 2. The Morgan fingerprint density at radius 1 is 0.912 bits per heavy atom. The van der Waals surface area contributed by atoms with Crippen LogP contribution in [0.4, 0.5) is 17.1 Å². The molecular weight excluding hydrogens is 740 g/mol. The van der Waals surface area contributed by atoms with Crippen molar-refractivity contribution in [2.75, 3.05) is 93.2 Å². The molecule has 1 spiro atoms. The molecule has 3 amide bonds. The van der Waals surface area contributed by atoms with E-state index >= 15 is 0 Å². The van der Waals surface area contributed by atoms with E-state index in [1.165, 1.54) is 10.6 Å². The number of hydrogen-bond acceptors (Lipinski definition) is 9. The zero-order valence-electron chi connectivity index (χ0n) is 32.6. The molecule has 0 aliphatic carbocycles. The van der Waals surface area contributed by atoms with Crippen LogP contribution in [0.25, 0.3) is 0 Å². The van der Waals surface area contributed by atoms with E-state index in [4.69, 9.17) is 11.6 Å². The van der Waals surface area contributed by atoms with E-state index in [9.17, 15) is 24.8 Å². The van der Waals surface area contributed by atoms with Gasteiger partial charge in [0.15, 0.2) is 6.23 Å². The number of piperidine rings is 2. The van der Waals surface area contributed by atoms with Crippen molar-refractivity contribution in [1.82, 2.24) is 20.0 Å². The Bertz CT molecular complexity index is 2090. The molecule has 6 aliphatic heterocycles. The lowest BCUT2D eigenvalue weighted by molar-refractivity contribution is -0.123. The third kappa shape index (κ3) is 7.08. The number of benzene rings is 3. The van der Waals surface area contributed by atoms with Gasteiger partial charge in [0.25, 0.3) is 11.8 Å². The minimum absolute atomic E-state index is 0.0133. The van der Waals surface area contributed by atoms with E-state index < -0.39 is 6.23 Å². The SMILES string of the molecule is Cc1c(N2CCC3(CCN(c4ccc(C(=O)N5CCN(CC6CN(c7ccc8c(c7)C(O)N(C7CCC(=O)NC7)C8=O)C6)CC5)cc4)CC3)C2)ccc(C#N)c1Cl. The molecule has 6 aliphatic rings. The number of amides is 3. The number of aliphatic hydroxyl groups is 1. The molecule has 9 rings (SSSR count). The lowest BCUT2D eigenvalue weighted by Crippen LogP contribution is -2.55. The first-order valence-corrected chi connectivity index (χ1v) is 20.9. The molecule has 13 heteroatoms. The molecule has 3 aromatic rings. The average Bonchev–Trinajstić information content (AvgIpc) is 3.74. The molecule has 57 heavy (non-hydrogen) atoms. The maximum atomic E-state index is 13.5. The number of nitrogens with zero attached hydrogens (tertiary/aromatic N) is 7. The van der Waals surface area contributed by atoms with Crippen LogP contribution in [0.3, 0.4) is 0 Å². The van der Waals surface area contributed by atoms with Gasteiger partial charge >= 0.3 is 0 Å². The van der Waals surface area contributed by atoms with Crippen molar-refractivity contribution in [3.05, 3.63) is 87.4 Å². The van der Waals surface area contributed by atoms with Gasteiger partial charge in [-0.05, 0) is 98.2 Å². The number of halogens is 1. The topological polar surface area (TPSA) is 127 Å². The molecular formula is C44H51ClN8O4. The number of nitrogens with one attached hydrogen (secondary N) is 1. The summed E-state index contributed by atoms with van der Waals surface area (Å²) in [5, 5.41) is 23.9. The number of aliphatic hydroxyl groups excluding tert-OH is 1. The minimum atomic E-state index is -0.998. The number of carbonyl (C=O) groups is 3. The summed E-state index contributed by atoms with van der Waals surface area (Å²) in [6, 6.07) is 19.8. The largest absolute Gasteiger partial charge is 0.371 e. The predicted octanol–water partition coefficient (Wildman–Crippen LogP) is 4.64. The van der Waals surface area contributed by atoms with Crippen molar-refractivity contribution in [3.8, 4) is 6.07 Å². The van der Waals surface area contributed by atoms with Crippen LogP contribution < -0.4 is 20.0 Å². The Morgan fingerprint density at radius 3 is 2.30 bits per heavy atom. The summed E-state index contributed by atoms with van der Waals surface area (Å²) >= 11 is 6.50. The van der Waals surface area contributed by atoms with Crippen LogP contribution in [0.2, 0.25) is 5.02 Å². The maximum Gasteiger partial charge on any atom is 0.256 e. The summed E-state index contributed by atoms with van der Waals surface area (Å²) in [5.41, 5.74) is 7.07. The highest BCUT2D eigenvalue weighted by molar-refractivity contribution is 6.32. The van der Waals surface area contributed by atoms with Crippen molar-refractivity contribution in [2.24, 2.45) is 11.3 Å². The summed E-state index contributed by atoms with van der Waals surface area (Å²) in [4.78, 5) is 51.5. The highest BCUT2D eigenvalue weighted by atomic mass is 35.5. The van der Waals surface area contributed by atoms with Gasteiger partial charge < -0.3 is 34.9 Å². The molecule has 2 atom stereocenters. The molecule has 3 aromatic carbocycles. The number of carbonyl (C=O) groups excluding carboxylic acids is 3. The fourth-order valence-electron chi connectivity index (χ4n) is 10.2. The van der Waals surface area contributed by atoms with Crippen molar-refractivity contribution in [2.45, 2.75) is 51.3 Å². The Balaban J connectivity index is 0.715. The monoisotopic (exact) mass is 790 g/mol.